The van der Waals surface area contributed by atoms with Gasteiger partial charge < -0.3 is 4.42 Å². The molecule has 0 bridgehead atoms. The zero-order chi connectivity index (χ0) is 22.4. The first-order chi connectivity index (χ1) is 15.5. The van der Waals surface area contributed by atoms with Gasteiger partial charge in [-0.1, -0.05) is 53.7 Å². The zero-order valence-electron chi connectivity index (χ0n) is 16.6. The molecule has 0 fully saturated rings. The number of hydrogen-bond acceptors (Lipinski definition) is 7. The van der Waals surface area contributed by atoms with Gasteiger partial charge >= 0.3 is 0 Å². The number of benzene rings is 2. The van der Waals surface area contributed by atoms with Gasteiger partial charge in [-0.05, 0) is 42.0 Å². The summed E-state index contributed by atoms with van der Waals surface area (Å²) in [5.41, 5.74) is 0.931. The average Bonchev–Trinajstić information content (AvgIpc) is 3.48. The summed E-state index contributed by atoms with van der Waals surface area (Å²) in [4.78, 5) is 0.143. The van der Waals surface area contributed by atoms with Crippen LogP contribution in [0.3, 0.4) is 0 Å². The molecule has 4 rings (SSSR count). The van der Waals surface area contributed by atoms with Crippen molar-refractivity contribution in [1.82, 2.24) is 19.6 Å². The molecule has 0 aliphatic rings. The van der Waals surface area contributed by atoms with Crippen LogP contribution in [0.1, 0.15) is 16.6 Å². The molecule has 1 atom stereocenters. The molecule has 0 amide bonds. The number of sulfonamides is 1. The van der Waals surface area contributed by atoms with Crippen LogP contribution < -0.4 is 4.72 Å². The smallest absolute Gasteiger partial charge is 0.240 e. The van der Waals surface area contributed by atoms with Crippen LogP contribution in [0.5, 0.6) is 0 Å². The Hall–Kier alpha value is -2.92. The minimum Gasteiger partial charge on any atom is -0.463 e. The fraction of sp³-hybridized carbons (Fsp3) is 0.0952. The fourth-order valence-electron chi connectivity index (χ4n) is 2.76. The van der Waals surface area contributed by atoms with Gasteiger partial charge in [0, 0.05) is 11.6 Å². The Labute approximate surface area is 194 Å². The van der Waals surface area contributed by atoms with Gasteiger partial charge in [-0.3, -0.25) is 0 Å². The topological polar surface area (TPSA) is 102 Å². The molecule has 2 heterocycles. The van der Waals surface area contributed by atoms with Crippen molar-refractivity contribution in [3.05, 3.63) is 95.7 Å². The Balaban J connectivity index is 1.54. The van der Waals surface area contributed by atoms with Crippen LogP contribution in [0, 0.1) is 0 Å². The fourth-order valence-corrected chi connectivity index (χ4v) is 5.05. The predicted octanol–water partition coefficient (Wildman–Crippen LogP) is 4.22. The highest BCUT2D eigenvalue weighted by Crippen LogP contribution is 2.34. The Morgan fingerprint density at radius 3 is 2.62 bits per heavy atom. The van der Waals surface area contributed by atoms with Gasteiger partial charge in [0.25, 0.3) is 0 Å². The number of thioether (sulfide) groups is 1. The molecule has 0 spiro atoms. The van der Waals surface area contributed by atoms with Crippen LogP contribution in [0.4, 0.5) is 0 Å². The number of hydrogen-bond donors (Lipinski definition) is 1. The van der Waals surface area contributed by atoms with Gasteiger partial charge in [-0.15, -0.1) is 10.2 Å². The second kappa shape index (κ2) is 10.1. The van der Waals surface area contributed by atoms with E-state index in [2.05, 4.69) is 20.0 Å². The van der Waals surface area contributed by atoms with Crippen molar-refractivity contribution in [3.63, 3.8) is 0 Å². The Morgan fingerprint density at radius 1 is 1.12 bits per heavy atom. The maximum Gasteiger partial charge on any atom is 0.240 e. The van der Waals surface area contributed by atoms with E-state index in [-0.39, 0.29) is 16.7 Å². The van der Waals surface area contributed by atoms with Crippen molar-refractivity contribution in [2.24, 2.45) is 5.10 Å². The van der Waals surface area contributed by atoms with Gasteiger partial charge in [0.1, 0.15) is 12.1 Å². The van der Waals surface area contributed by atoms with E-state index in [0.717, 1.165) is 5.56 Å². The molecule has 0 aliphatic heterocycles. The van der Waals surface area contributed by atoms with Crippen molar-refractivity contribution < 1.29 is 12.8 Å². The standard InChI is InChI=1S/C21H18ClN5O3S2/c22-17-8-10-19(11-9-17)32(28,29)25-14-20(16-5-2-1-3-6-16)31-21-26-23-15-27(21)24-13-18-7-4-12-30-18/h1-13,15,20,25H,14H2. The van der Waals surface area contributed by atoms with E-state index < -0.39 is 10.0 Å². The van der Waals surface area contributed by atoms with E-state index in [9.17, 15) is 8.42 Å². The van der Waals surface area contributed by atoms with Crippen LogP contribution in [0.25, 0.3) is 0 Å². The largest absolute Gasteiger partial charge is 0.463 e. The number of furan rings is 1. The van der Waals surface area contributed by atoms with Gasteiger partial charge in [-0.2, -0.15) is 9.78 Å². The number of nitrogens with zero attached hydrogens (tertiary/aromatic N) is 4. The third-order valence-corrected chi connectivity index (χ3v) is 7.25. The number of aromatic nitrogens is 3. The van der Waals surface area contributed by atoms with E-state index in [1.165, 1.54) is 34.9 Å². The summed E-state index contributed by atoms with van der Waals surface area (Å²) in [6.07, 6.45) is 4.58. The molecule has 164 valence electrons. The summed E-state index contributed by atoms with van der Waals surface area (Å²) in [6.45, 7) is 0.133. The van der Waals surface area contributed by atoms with Crippen LogP contribution >= 0.6 is 23.4 Å². The number of nitrogens with one attached hydrogen (secondary N) is 1. The second-order valence-electron chi connectivity index (χ2n) is 6.54. The van der Waals surface area contributed by atoms with Crippen LogP contribution in [-0.4, -0.2) is 36.1 Å². The quantitative estimate of drug-likeness (QED) is 0.280. The third kappa shape index (κ3) is 5.65. The molecular weight excluding hydrogens is 470 g/mol. The molecule has 4 aromatic rings. The highest BCUT2D eigenvalue weighted by molar-refractivity contribution is 7.99. The maximum absolute atomic E-state index is 12.8. The highest BCUT2D eigenvalue weighted by atomic mass is 35.5. The number of halogens is 1. The van der Waals surface area contributed by atoms with Crippen LogP contribution in [-0.2, 0) is 10.0 Å². The lowest BCUT2D eigenvalue weighted by molar-refractivity contribution is 0.559. The summed E-state index contributed by atoms with van der Waals surface area (Å²) < 4.78 is 34.9. The monoisotopic (exact) mass is 487 g/mol. The van der Waals surface area contributed by atoms with E-state index in [1.54, 1.807) is 36.7 Å². The molecule has 2 aromatic heterocycles. The molecule has 1 unspecified atom stereocenters. The minimum absolute atomic E-state index is 0.133. The molecule has 0 aliphatic carbocycles. The third-order valence-electron chi connectivity index (χ3n) is 4.35. The molecule has 0 saturated carbocycles. The van der Waals surface area contributed by atoms with Crippen molar-refractivity contribution >= 4 is 39.6 Å². The first-order valence-corrected chi connectivity index (χ1v) is 12.2. The second-order valence-corrected chi connectivity index (χ2v) is 9.91. The van der Waals surface area contributed by atoms with Crippen LogP contribution in [0.2, 0.25) is 5.02 Å². The molecule has 1 N–H and O–H groups in total. The van der Waals surface area contributed by atoms with Gasteiger partial charge in [0.05, 0.1) is 22.6 Å². The molecule has 8 nitrogen and oxygen atoms in total. The lowest BCUT2D eigenvalue weighted by Gasteiger charge is -2.17. The molecule has 0 radical (unpaired) electrons. The maximum atomic E-state index is 12.8. The van der Waals surface area contributed by atoms with E-state index in [1.807, 2.05) is 30.3 Å². The van der Waals surface area contributed by atoms with Crippen molar-refractivity contribution in [3.8, 4) is 0 Å². The first-order valence-electron chi connectivity index (χ1n) is 9.46. The van der Waals surface area contributed by atoms with Crippen molar-refractivity contribution in [1.29, 1.82) is 0 Å². The summed E-state index contributed by atoms with van der Waals surface area (Å²) in [7, 11) is -3.72. The molecule has 11 heteroatoms. The predicted molar refractivity (Wildman–Crippen MR) is 123 cm³/mol. The zero-order valence-corrected chi connectivity index (χ0v) is 19.0. The summed E-state index contributed by atoms with van der Waals surface area (Å²) in [5.74, 6) is 0.588. The van der Waals surface area contributed by atoms with Crippen LogP contribution in [0.15, 0.2) is 98.9 Å². The van der Waals surface area contributed by atoms with Crippen molar-refractivity contribution in [2.75, 3.05) is 6.54 Å². The van der Waals surface area contributed by atoms with Gasteiger partial charge in [-0.25, -0.2) is 13.1 Å². The normalized spacial score (nSPS) is 12.9. The lowest BCUT2D eigenvalue weighted by Crippen LogP contribution is -2.27. The number of rotatable bonds is 9. The molecule has 0 saturated heterocycles. The van der Waals surface area contributed by atoms with E-state index in [0.29, 0.717) is 15.9 Å². The van der Waals surface area contributed by atoms with Gasteiger partial charge in [0.15, 0.2) is 0 Å². The molecule has 32 heavy (non-hydrogen) atoms. The molecular formula is C21H18ClN5O3S2. The highest BCUT2D eigenvalue weighted by Gasteiger charge is 2.21. The molecule has 2 aromatic carbocycles. The lowest BCUT2D eigenvalue weighted by atomic mass is 10.1. The SMILES string of the molecule is O=S(=O)(NCC(Sc1nncn1N=Cc1ccco1)c1ccccc1)c1ccc(Cl)cc1. The van der Waals surface area contributed by atoms with E-state index in [4.69, 9.17) is 16.0 Å². The summed E-state index contributed by atoms with van der Waals surface area (Å²) in [5, 5.41) is 13.1. The van der Waals surface area contributed by atoms with Gasteiger partial charge in [0.2, 0.25) is 15.2 Å². The minimum atomic E-state index is -3.72. The summed E-state index contributed by atoms with van der Waals surface area (Å²) >= 11 is 7.22. The first kappa shape index (κ1) is 22.3. The average molecular weight is 488 g/mol. The van der Waals surface area contributed by atoms with Crippen molar-refractivity contribution in [2.45, 2.75) is 15.3 Å². The summed E-state index contributed by atoms with van der Waals surface area (Å²) in [6, 6.07) is 19.1. The Kier molecular flexibility index (Phi) is 7.05. The Morgan fingerprint density at radius 2 is 1.91 bits per heavy atom. The van der Waals surface area contributed by atoms with E-state index >= 15 is 0 Å². The Bertz CT molecular complexity index is 1270.